The van der Waals surface area contributed by atoms with Crippen LogP contribution in [0.15, 0.2) is 16.8 Å². The number of aryl methyl sites for hydroxylation is 1. The minimum atomic E-state index is -0.0434. The number of rotatable bonds is 4. The van der Waals surface area contributed by atoms with E-state index in [9.17, 15) is 4.79 Å². The monoisotopic (exact) mass is 331 g/mol. The van der Waals surface area contributed by atoms with Crippen LogP contribution < -0.4 is 0 Å². The molecule has 0 aliphatic carbocycles. The van der Waals surface area contributed by atoms with Crippen LogP contribution in [0.5, 0.6) is 0 Å². The highest BCUT2D eigenvalue weighted by molar-refractivity contribution is 5.93. The average molecular weight is 331 g/mol. The van der Waals surface area contributed by atoms with E-state index in [2.05, 4.69) is 15.2 Å². The fourth-order valence-corrected chi connectivity index (χ4v) is 3.27. The first-order valence-electron chi connectivity index (χ1n) is 8.38. The molecule has 130 valence electrons. The number of likely N-dealkylation sites (tertiary alicyclic amines) is 1. The highest BCUT2D eigenvalue weighted by Gasteiger charge is 2.30. The standard InChI is InChI=1S/C17H25N5O2/c1-12-14(10-18-21(12)4)16-9-15(19-24-16)17(23)22-8-6-5-7-13(22)11-20(2)3/h9-10,13H,5-8,11H2,1-4H3. The fourth-order valence-electron chi connectivity index (χ4n) is 3.27. The minimum absolute atomic E-state index is 0.0434. The highest BCUT2D eigenvalue weighted by atomic mass is 16.5. The summed E-state index contributed by atoms with van der Waals surface area (Å²) in [5, 5.41) is 8.22. The predicted octanol–water partition coefficient (Wildman–Crippen LogP) is 1.94. The normalized spacial score (nSPS) is 18.4. The number of aromatic nitrogens is 3. The number of likely N-dealkylation sites (N-methyl/N-ethyl adjacent to an activating group) is 1. The van der Waals surface area contributed by atoms with Crippen LogP contribution in [0.25, 0.3) is 11.3 Å². The van der Waals surface area contributed by atoms with Gasteiger partial charge in [0.2, 0.25) is 0 Å². The Morgan fingerprint density at radius 2 is 2.21 bits per heavy atom. The molecule has 1 aliphatic rings. The quantitative estimate of drug-likeness (QED) is 0.856. The molecule has 0 spiro atoms. The SMILES string of the molecule is Cc1c(-c2cc(C(=O)N3CCCCC3CN(C)C)no2)cnn1C. The lowest BCUT2D eigenvalue weighted by molar-refractivity contribution is 0.0564. The van der Waals surface area contributed by atoms with Crippen LogP contribution in [0.3, 0.4) is 0 Å². The Kier molecular flexibility index (Phi) is 4.71. The molecule has 24 heavy (non-hydrogen) atoms. The number of carbonyl (C=O) groups is 1. The van der Waals surface area contributed by atoms with Gasteiger partial charge in [0.1, 0.15) is 0 Å². The van der Waals surface area contributed by atoms with E-state index in [0.717, 1.165) is 37.2 Å². The molecule has 2 aromatic heterocycles. The van der Waals surface area contributed by atoms with Crippen molar-refractivity contribution in [2.45, 2.75) is 32.2 Å². The van der Waals surface area contributed by atoms with E-state index < -0.39 is 0 Å². The molecule has 1 atom stereocenters. The van der Waals surface area contributed by atoms with Gasteiger partial charge in [-0.05, 0) is 40.3 Å². The van der Waals surface area contributed by atoms with Crippen LogP contribution in [0, 0.1) is 6.92 Å². The van der Waals surface area contributed by atoms with Crippen molar-refractivity contribution in [2.24, 2.45) is 7.05 Å². The van der Waals surface area contributed by atoms with E-state index in [-0.39, 0.29) is 11.9 Å². The molecule has 0 bridgehead atoms. The second-order valence-electron chi connectivity index (χ2n) is 6.75. The molecule has 3 rings (SSSR count). The third-order valence-corrected chi connectivity index (χ3v) is 4.69. The average Bonchev–Trinajstić information content (AvgIpc) is 3.15. The van der Waals surface area contributed by atoms with E-state index in [1.807, 2.05) is 33.0 Å². The Bertz CT molecular complexity index is 718. The molecule has 2 aromatic rings. The summed E-state index contributed by atoms with van der Waals surface area (Å²) in [4.78, 5) is 17.0. The molecule has 1 unspecified atom stereocenters. The van der Waals surface area contributed by atoms with Crippen LogP contribution in [0.2, 0.25) is 0 Å². The first kappa shape index (κ1) is 16.7. The molecule has 7 nitrogen and oxygen atoms in total. The van der Waals surface area contributed by atoms with Gasteiger partial charge < -0.3 is 14.3 Å². The Hall–Kier alpha value is -2.15. The van der Waals surface area contributed by atoms with E-state index in [1.165, 1.54) is 6.42 Å². The second-order valence-corrected chi connectivity index (χ2v) is 6.75. The Labute approximate surface area is 142 Å². The lowest BCUT2D eigenvalue weighted by atomic mass is 10.0. The second kappa shape index (κ2) is 6.76. The van der Waals surface area contributed by atoms with Crippen LogP contribution in [0.1, 0.15) is 35.4 Å². The van der Waals surface area contributed by atoms with Crippen LogP contribution in [-0.4, -0.2) is 63.9 Å². The smallest absolute Gasteiger partial charge is 0.276 e. The lowest BCUT2D eigenvalue weighted by Crippen LogP contribution is -2.48. The van der Waals surface area contributed by atoms with Gasteiger partial charge in [-0.2, -0.15) is 5.10 Å². The van der Waals surface area contributed by atoms with Gasteiger partial charge in [-0.3, -0.25) is 9.48 Å². The Morgan fingerprint density at radius 1 is 1.42 bits per heavy atom. The van der Waals surface area contributed by atoms with E-state index in [1.54, 1.807) is 16.9 Å². The molecule has 0 saturated carbocycles. The van der Waals surface area contributed by atoms with Crippen molar-refractivity contribution in [3.8, 4) is 11.3 Å². The van der Waals surface area contributed by atoms with Gasteiger partial charge in [-0.15, -0.1) is 0 Å². The molecule has 0 aromatic carbocycles. The molecule has 1 aliphatic heterocycles. The molecule has 1 fully saturated rings. The van der Waals surface area contributed by atoms with E-state index >= 15 is 0 Å². The van der Waals surface area contributed by atoms with Crippen molar-refractivity contribution >= 4 is 5.91 Å². The number of carbonyl (C=O) groups excluding carboxylic acids is 1. The molecule has 1 saturated heterocycles. The topological polar surface area (TPSA) is 67.4 Å². The van der Waals surface area contributed by atoms with Crippen molar-refractivity contribution < 1.29 is 9.32 Å². The molecule has 0 radical (unpaired) electrons. The molecular weight excluding hydrogens is 306 g/mol. The number of nitrogens with zero attached hydrogens (tertiary/aromatic N) is 5. The number of hydrogen-bond acceptors (Lipinski definition) is 5. The van der Waals surface area contributed by atoms with Gasteiger partial charge in [-0.25, -0.2) is 0 Å². The van der Waals surface area contributed by atoms with Crippen LogP contribution in [0.4, 0.5) is 0 Å². The zero-order chi connectivity index (χ0) is 17.3. The minimum Gasteiger partial charge on any atom is -0.355 e. The third-order valence-electron chi connectivity index (χ3n) is 4.69. The van der Waals surface area contributed by atoms with Crippen LogP contribution >= 0.6 is 0 Å². The summed E-state index contributed by atoms with van der Waals surface area (Å²) < 4.78 is 7.19. The van der Waals surface area contributed by atoms with Crippen molar-refractivity contribution in [1.29, 1.82) is 0 Å². The zero-order valence-corrected chi connectivity index (χ0v) is 14.8. The summed E-state index contributed by atoms with van der Waals surface area (Å²) in [6, 6.07) is 1.97. The number of piperidine rings is 1. The largest absolute Gasteiger partial charge is 0.355 e. The van der Waals surface area contributed by atoms with E-state index in [0.29, 0.717) is 11.5 Å². The molecular formula is C17H25N5O2. The molecule has 7 heteroatoms. The van der Waals surface area contributed by atoms with Gasteiger partial charge in [0.05, 0.1) is 11.8 Å². The molecule has 0 N–H and O–H groups in total. The zero-order valence-electron chi connectivity index (χ0n) is 14.8. The van der Waals surface area contributed by atoms with Gasteiger partial charge >= 0.3 is 0 Å². The first-order valence-corrected chi connectivity index (χ1v) is 8.38. The first-order chi connectivity index (χ1) is 11.5. The Balaban J connectivity index is 1.81. The predicted molar refractivity (Wildman–Crippen MR) is 90.7 cm³/mol. The van der Waals surface area contributed by atoms with Gasteiger partial charge in [0.25, 0.3) is 5.91 Å². The van der Waals surface area contributed by atoms with Gasteiger partial charge in [0.15, 0.2) is 11.5 Å². The highest BCUT2D eigenvalue weighted by Crippen LogP contribution is 2.25. The molecule has 1 amide bonds. The van der Waals surface area contributed by atoms with Gasteiger partial charge in [-0.1, -0.05) is 5.16 Å². The Morgan fingerprint density at radius 3 is 2.88 bits per heavy atom. The fraction of sp³-hybridized carbons (Fsp3) is 0.588. The summed E-state index contributed by atoms with van der Waals surface area (Å²) in [6.07, 6.45) is 4.99. The molecule has 3 heterocycles. The maximum atomic E-state index is 12.9. The van der Waals surface area contributed by atoms with Crippen LogP contribution in [-0.2, 0) is 7.05 Å². The van der Waals surface area contributed by atoms with Gasteiger partial charge in [0, 0.05) is 37.9 Å². The summed E-state index contributed by atoms with van der Waals surface area (Å²) in [5.74, 6) is 0.545. The van der Waals surface area contributed by atoms with Crippen molar-refractivity contribution in [3.05, 3.63) is 23.7 Å². The lowest BCUT2D eigenvalue weighted by Gasteiger charge is -2.36. The summed E-state index contributed by atoms with van der Waals surface area (Å²) in [7, 11) is 5.95. The summed E-state index contributed by atoms with van der Waals surface area (Å²) in [5.41, 5.74) is 2.22. The number of amides is 1. The van der Waals surface area contributed by atoms with Crippen molar-refractivity contribution in [2.75, 3.05) is 27.2 Å². The maximum absolute atomic E-state index is 12.9. The van der Waals surface area contributed by atoms with Crippen molar-refractivity contribution in [3.63, 3.8) is 0 Å². The number of hydrogen-bond donors (Lipinski definition) is 0. The van der Waals surface area contributed by atoms with Crippen molar-refractivity contribution in [1.82, 2.24) is 24.7 Å². The summed E-state index contributed by atoms with van der Waals surface area (Å²) >= 11 is 0. The summed E-state index contributed by atoms with van der Waals surface area (Å²) in [6.45, 7) is 3.62. The third kappa shape index (κ3) is 3.21. The maximum Gasteiger partial charge on any atom is 0.276 e. The van der Waals surface area contributed by atoms with E-state index in [4.69, 9.17) is 4.52 Å².